The van der Waals surface area contributed by atoms with Crippen LogP contribution in [0.4, 0.5) is 10.2 Å². The molecule has 2 unspecified atom stereocenters. The number of hydrogen-bond donors (Lipinski definition) is 6. The van der Waals surface area contributed by atoms with Crippen LogP contribution >= 0.6 is 23.5 Å². The van der Waals surface area contributed by atoms with Crippen molar-refractivity contribution >= 4 is 40.4 Å². The molecule has 1 fully saturated rings. The first-order valence-corrected chi connectivity index (χ1v) is 12.9. The van der Waals surface area contributed by atoms with Gasteiger partial charge in [-0.2, -0.15) is 8.62 Å². The maximum absolute atomic E-state index is 15.0. The summed E-state index contributed by atoms with van der Waals surface area (Å²) >= 11 is 0. The fourth-order valence-corrected chi connectivity index (χ4v) is 5.84. The molecule has 188 valence electrons. The molecule has 2 aromatic heterocycles. The topological polar surface area (TPSA) is 308 Å². The zero-order valence-corrected chi connectivity index (χ0v) is 18.8. The molecule has 0 aliphatic carbocycles. The zero-order chi connectivity index (χ0) is 25.5. The number of fused-ring (bicyclic) bond motifs is 1. The van der Waals surface area contributed by atoms with E-state index in [4.69, 9.17) is 25.8 Å². The fourth-order valence-electron chi connectivity index (χ4n) is 2.80. The molecular formula is C10H14FN8O12P3. The molecule has 1 aliphatic heterocycles. The third-order valence-corrected chi connectivity index (χ3v) is 7.87. The Morgan fingerprint density at radius 2 is 1.91 bits per heavy atom. The zero-order valence-electron chi connectivity index (χ0n) is 16.1. The molecule has 0 amide bonds. The van der Waals surface area contributed by atoms with Crippen LogP contribution in [0, 0.1) is 0 Å². The molecule has 0 aromatic carbocycles. The molecule has 2 aromatic rings. The van der Waals surface area contributed by atoms with Crippen LogP contribution in [0.5, 0.6) is 0 Å². The lowest BCUT2D eigenvalue weighted by molar-refractivity contribution is -0.120. The summed E-state index contributed by atoms with van der Waals surface area (Å²) in [5.41, 5.74) is 11.7. The molecule has 6 atom stereocenters. The van der Waals surface area contributed by atoms with Gasteiger partial charge in [0.2, 0.25) is 5.72 Å². The molecule has 0 saturated carbocycles. The van der Waals surface area contributed by atoms with Crippen molar-refractivity contribution in [2.75, 3.05) is 12.3 Å². The smallest absolute Gasteiger partial charge is 0.387 e. The summed E-state index contributed by atoms with van der Waals surface area (Å²) in [6, 6.07) is 0. The maximum atomic E-state index is 15.0. The van der Waals surface area contributed by atoms with Crippen LogP contribution in [0.2, 0.25) is 0 Å². The number of nitrogens with zero attached hydrogens (tertiary/aromatic N) is 7. The molecule has 0 spiro atoms. The number of imidazole rings is 1. The monoisotopic (exact) mass is 550 g/mol. The molecule has 20 nitrogen and oxygen atoms in total. The molecule has 1 aliphatic rings. The van der Waals surface area contributed by atoms with Gasteiger partial charge in [0.05, 0.1) is 12.9 Å². The lowest BCUT2D eigenvalue weighted by Crippen LogP contribution is -2.44. The van der Waals surface area contributed by atoms with Crippen LogP contribution in [0.15, 0.2) is 17.8 Å². The number of anilines is 1. The SMILES string of the molecule is [N-]=[N+]=N[C@]1(COP(=O)(O)OP(=O)(O)OP(=O)(O)O)O[C@@H](n2cnc3c(N)ncnc32)[C@H](F)[C@@H]1O. The Labute approximate surface area is 186 Å². The minimum atomic E-state index is -5.87. The summed E-state index contributed by atoms with van der Waals surface area (Å²) in [5, 5.41) is 13.4. The number of hydrogen-bond acceptors (Lipinski definition) is 13. The van der Waals surface area contributed by atoms with Crippen LogP contribution in [0.3, 0.4) is 0 Å². The van der Waals surface area contributed by atoms with Gasteiger partial charge in [-0.05, 0) is 5.53 Å². The number of rotatable bonds is 9. The number of azide groups is 1. The van der Waals surface area contributed by atoms with Crippen molar-refractivity contribution in [3.8, 4) is 0 Å². The second-order valence-electron chi connectivity index (χ2n) is 6.38. The van der Waals surface area contributed by atoms with E-state index in [-0.39, 0.29) is 17.0 Å². The van der Waals surface area contributed by atoms with E-state index < -0.39 is 54.3 Å². The van der Waals surface area contributed by atoms with Gasteiger partial charge >= 0.3 is 23.5 Å². The lowest BCUT2D eigenvalue weighted by Gasteiger charge is -2.27. The number of phosphoric ester groups is 1. The van der Waals surface area contributed by atoms with Gasteiger partial charge in [0, 0.05) is 4.91 Å². The first kappa shape index (κ1) is 26.5. The Balaban J connectivity index is 1.86. The summed E-state index contributed by atoms with van der Waals surface area (Å²) in [4.78, 5) is 49.6. The fraction of sp³-hybridized carbons (Fsp3) is 0.500. The minimum absolute atomic E-state index is 0.0299. The molecule has 3 heterocycles. The van der Waals surface area contributed by atoms with Crippen molar-refractivity contribution in [1.29, 1.82) is 0 Å². The lowest BCUT2D eigenvalue weighted by atomic mass is 10.1. The predicted octanol–water partition coefficient (Wildman–Crippen LogP) is -0.0138. The highest BCUT2D eigenvalue weighted by atomic mass is 31.3. The van der Waals surface area contributed by atoms with Gasteiger partial charge in [-0.25, -0.2) is 33.0 Å². The molecule has 1 saturated heterocycles. The normalized spacial score (nSPS) is 28.8. The third kappa shape index (κ3) is 5.59. The van der Waals surface area contributed by atoms with Crippen molar-refractivity contribution in [2.45, 2.75) is 24.2 Å². The number of alkyl halides is 1. The van der Waals surface area contributed by atoms with E-state index in [1.165, 1.54) is 0 Å². The number of nitrogens with two attached hydrogens (primary N) is 1. The van der Waals surface area contributed by atoms with Gasteiger partial charge in [0.15, 0.2) is 23.9 Å². The molecule has 24 heteroatoms. The van der Waals surface area contributed by atoms with Crippen molar-refractivity contribution in [3.63, 3.8) is 0 Å². The van der Waals surface area contributed by atoms with Crippen LogP contribution in [0.1, 0.15) is 6.23 Å². The number of aliphatic hydroxyl groups excluding tert-OH is 1. The Morgan fingerprint density at radius 3 is 2.53 bits per heavy atom. The molecule has 34 heavy (non-hydrogen) atoms. The van der Waals surface area contributed by atoms with E-state index in [2.05, 4.69) is 38.1 Å². The number of aromatic nitrogens is 4. The van der Waals surface area contributed by atoms with Crippen LogP contribution in [0.25, 0.3) is 21.6 Å². The number of ether oxygens (including phenoxy) is 1. The molecular weight excluding hydrogens is 536 g/mol. The largest absolute Gasteiger partial charge is 0.490 e. The summed E-state index contributed by atoms with van der Waals surface area (Å²) in [7, 11) is -17.2. The molecule has 3 rings (SSSR count). The van der Waals surface area contributed by atoms with E-state index in [9.17, 15) is 33.0 Å². The maximum Gasteiger partial charge on any atom is 0.490 e. The number of phosphoric acid groups is 3. The Hall–Kier alpha value is -2.08. The van der Waals surface area contributed by atoms with Crippen molar-refractivity contribution in [1.82, 2.24) is 19.5 Å². The average Bonchev–Trinajstić information content (AvgIpc) is 3.20. The predicted molar refractivity (Wildman–Crippen MR) is 102 cm³/mol. The van der Waals surface area contributed by atoms with Crippen LogP contribution in [-0.4, -0.2) is 68.8 Å². The molecule has 0 radical (unpaired) electrons. The summed E-state index contributed by atoms with van der Waals surface area (Å²) in [6.07, 6.45) is -4.51. The van der Waals surface area contributed by atoms with Crippen molar-refractivity contribution < 1.29 is 60.6 Å². The second kappa shape index (κ2) is 9.18. The number of aliphatic hydroxyl groups is 1. The quantitative estimate of drug-likeness (QED) is 0.103. The van der Waals surface area contributed by atoms with E-state index in [1.807, 2.05) is 0 Å². The first-order chi connectivity index (χ1) is 15.6. The van der Waals surface area contributed by atoms with Gasteiger partial charge < -0.3 is 35.2 Å². The summed E-state index contributed by atoms with van der Waals surface area (Å²) in [6.45, 7) is -1.46. The van der Waals surface area contributed by atoms with E-state index in [1.54, 1.807) is 0 Å². The number of halogens is 1. The summed E-state index contributed by atoms with van der Waals surface area (Å²) in [5.74, 6) is -0.0772. The highest BCUT2D eigenvalue weighted by Crippen LogP contribution is 2.66. The van der Waals surface area contributed by atoms with Gasteiger partial charge in [0.1, 0.15) is 17.9 Å². The highest BCUT2D eigenvalue weighted by Gasteiger charge is 2.57. The minimum Gasteiger partial charge on any atom is -0.387 e. The molecule has 0 bridgehead atoms. The van der Waals surface area contributed by atoms with Gasteiger partial charge in [0.25, 0.3) is 0 Å². The van der Waals surface area contributed by atoms with Crippen molar-refractivity contribution in [3.05, 3.63) is 23.1 Å². The van der Waals surface area contributed by atoms with Gasteiger partial charge in [-0.1, -0.05) is 5.11 Å². The Bertz CT molecular complexity index is 1280. The van der Waals surface area contributed by atoms with Crippen LogP contribution in [-0.2, 0) is 31.6 Å². The van der Waals surface area contributed by atoms with Gasteiger partial charge in [-0.3, -0.25) is 9.09 Å². The second-order valence-corrected chi connectivity index (χ2v) is 10.8. The summed E-state index contributed by atoms with van der Waals surface area (Å²) < 4.78 is 66.7. The Kier molecular flexibility index (Phi) is 7.16. The number of nitrogen functional groups attached to an aromatic ring is 1. The van der Waals surface area contributed by atoms with E-state index in [0.29, 0.717) is 0 Å². The standard InChI is InChI=1S/C10H14FN8O12P3/c11-4-6(20)10(17-18-13,1-28-33(24,25)31-34(26,27)30-32(21,22)23)29-9(4)19-3-16-5-7(12)14-2-15-8(5)19/h2-4,6,9,20H,1H2,(H,24,25)(H,26,27)(H2,12,14,15)(H2,21,22,23)/t4-,6+,9-,10-/m1/s1. The highest BCUT2D eigenvalue weighted by molar-refractivity contribution is 7.66. The third-order valence-electron chi connectivity index (χ3n) is 4.09. The average molecular weight is 550 g/mol. The van der Waals surface area contributed by atoms with Gasteiger partial charge in [-0.15, -0.1) is 0 Å². The Morgan fingerprint density at radius 1 is 1.24 bits per heavy atom. The van der Waals surface area contributed by atoms with Crippen molar-refractivity contribution in [2.24, 2.45) is 5.11 Å². The van der Waals surface area contributed by atoms with E-state index in [0.717, 1.165) is 17.2 Å². The first-order valence-electron chi connectivity index (χ1n) is 8.37. The molecule has 7 N–H and O–H groups in total. The van der Waals surface area contributed by atoms with E-state index >= 15 is 0 Å². The van der Waals surface area contributed by atoms with Crippen LogP contribution < -0.4 is 5.73 Å².